The highest BCUT2D eigenvalue weighted by molar-refractivity contribution is 6.43. The lowest BCUT2D eigenvalue weighted by Gasteiger charge is -2.12. The molecule has 0 aromatic rings. The van der Waals surface area contributed by atoms with E-state index in [1.165, 1.54) is 6.42 Å². The normalized spacial score (nSPS) is 8.62. The van der Waals surface area contributed by atoms with Gasteiger partial charge in [0.05, 0.1) is 0 Å². The topological polar surface area (TPSA) is 78.9 Å². The van der Waals surface area contributed by atoms with Gasteiger partial charge >= 0.3 is 9.53 Å². The zero-order chi connectivity index (χ0) is 13.1. The average molecular weight is 250 g/mol. The number of rotatable bonds is 3. The average Bonchev–Trinajstić information content (AvgIpc) is 2.00. The van der Waals surface area contributed by atoms with Crippen LogP contribution in [0.15, 0.2) is 0 Å². The van der Waals surface area contributed by atoms with Gasteiger partial charge in [-0.15, -0.1) is 0 Å². The molecule has 0 aliphatic rings. The van der Waals surface area contributed by atoms with Crippen molar-refractivity contribution >= 4 is 27.4 Å². The van der Waals surface area contributed by atoms with Gasteiger partial charge in [-0.1, -0.05) is 20.3 Å². The molecule has 0 radical (unpaired) electrons. The van der Waals surface area contributed by atoms with Crippen molar-refractivity contribution in [2.75, 3.05) is 0 Å². The Morgan fingerprint density at radius 2 is 1.00 bits per heavy atom. The van der Waals surface area contributed by atoms with Gasteiger partial charge in [0, 0.05) is 20.8 Å². The highest BCUT2D eigenvalue weighted by atomic mass is 28.3. The molecule has 0 N–H and O–H groups in total. The van der Waals surface area contributed by atoms with Crippen LogP contribution in [0, 0.1) is 0 Å². The number of hydrogen-bond donors (Lipinski definition) is 0. The third-order valence-corrected chi connectivity index (χ3v) is 2.36. The van der Waals surface area contributed by atoms with E-state index in [2.05, 4.69) is 27.1 Å². The Hall–Kier alpha value is -1.37. The van der Waals surface area contributed by atoms with Crippen LogP contribution in [0.2, 0.25) is 0 Å². The lowest BCUT2D eigenvalue weighted by Crippen LogP contribution is -2.32. The fraction of sp³-hybridized carbons (Fsp3) is 0.667. The molecular weight excluding hydrogens is 232 g/mol. The minimum absolute atomic E-state index is 0.654. The summed E-state index contributed by atoms with van der Waals surface area (Å²) < 4.78 is 13.5. The first-order valence-corrected chi connectivity index (χ1v) is 6.26. The Kier molecular flexibility index (Phi) is 10.8. The molecule has 0 rings (SSSR count). The van der Waals surface area contributed by atoms with Gasteiger partial charge < -0.3 is 13.3 Å². The zero-order valence-corrected chi connectivity index (χ0v) is 11.4. The maximum atomic E-state index is 10.4. The van der Waals surface area contributed by atoms with Crippen LogP contribution in [-0.2, 0) is 27.7 Å². The van der Waals surface area contributed by atoms with Gasteiger partial charge in [0.15, 0.2) is 0 Å². The third kappa shape index (κ3) is 15.1. The van der Waals surface area contributed by atoms with Crippen LogP contribution < -0.4 is 0 Å². The fourth-order valence-electron chi connectivity index (χ4n) is 0.479. The molecule has 16 heavy (non-hydrogen) atoms. The van der Waals surface area contributed by atoms with E-state index in [4.69, 9.17) is 0 Å². The van der Waals surface area contributed by atoms with Crippen molar-refractivity contribution in [3.8, 4) is 0 Å². The van der Waals surface area contributed by atoms with Gasteiger partial charge in [-0.2, -0.15) is 0 Å². The van der Waals surface area contributed by atoms with Crippen LogP contribution >= 0.6 is 0 Å². The summed E-state index contributed by atoms with van der Waals surface area (Å²) >= 11 is 0. The van der Waals surface area contributed by atoms with Crippen molar-refractivity contribution in [1.82, 2.24) is 0 Å². The molecule has 0 aromatic heterocycles. The van der Waals surface area contributed by atoms with E-state index < -0.39 is 27.4 Å². The Labute approximate surface area is 96.8 Å². The van der Waals surface area contributed by atoms with Crippen molar-refractivity contribution in [1.29, 1.82) is 0 Å². The standard InChI is InChI=1S/C6H10O6Si.C3H8/c1-4(7)10-13(11-5(2)8)12-6(3)9;1-3-2/h13H,1-3H3;3H2,1-2H3. The fourth-order valence-corrected chi connectivity index (χ4v) is 1.44. The van der Waals surface area contributed by atoms with Crippen molar-refractivity contribution < 1.29 is 27.7 Å². The van der Waals surface area contributed by atoms with E-state index in [9.17, 15) is 14.4 Å². The SMILES string of the molecule is CC(=O)O[SiH](OC(C)=O)OC(C)=O.CCC. The lowest BCUT2D eigenvalue weighted by atomic mass is 10.6. The lowest BCUT2D eigenvalue weighted by molar-refractivity contribution is -0.144. The minimum atomic E-state index is -2.96. The summed E-state index contributed by atoms with van der Waals surface area (Å²) in [6.45, 7) is 7.65. The van der Waals surface area contributed by atoms with Crippen LogP contribution in [0.5, 0.6) is 0 Å². The van der Waals surface area contributed by atoms with Gasteiger partial charge in [0.2, 0.25) is 0 Å². The van der Waals surface area contributed by atoms with E-state index in [-0.39, 0.29) is 0 Å². The van der Waals surface area contributed by atoms with Gasteiger partial charge in [-0.05, 0) is 0 Å². The molecule has 0 saturated carbocycles. The van der Waals surface area contributed by atoms with E-state index in [1.807, 2.05) is 0 Å². The molecule has 94 valence electrons. The van der Waals surface area contributed by atoms with Crippen molar-refractivity contribution in [2.24, 2.45) is 0 Å². The first-order valence-electron chi connectivity index (χ1n) is 4.85. The van der Waals surface area contributed by atoms with Crippen molar-refractivity contribution in [2.45, 2.75) is 41.0 Å². The smallest absolute Gasteiger partial charge is 0.458 e. The first kappa shape index (κ1) is 17.0. The van der Waals surface area contributed by atoms with E-state index >= 15 is 0 Å². The molecule has 0 bridgehead atoms. The summed E-state index contributed by atoms with van der Waals surface area (Å²) in [5.41, 5.74) is 0. The molecular formula is C9H18O6Si. The predicted octanol–water partition coefficient (Wildman–Crippen LogP) is 0.809. The summed E-state index contributed by atoms with van der Waals surface area (Å²) in [5.74, 6) is -1.96. The van der Waals surface area contributed by atoms with Crippen LogP contribution in [0.4, 0.5) is 0 Å². The zero-order valence-electron chi connectivity index (χ0n) is 10.2. The van der Waals surface area contributed by atoms with Gasteiger partial charge in [-0.3, -0.25) is 14.4 Å². The second-order valence-corrected chi connectivity index (χ2v) is 4.11. The molecule has 0 aliphatic carbocycles. The van der Waals surface area contributed by atoms with Crippen molar-refractivity contribution in [3.05, 3.63) is 0 Å². The van der Waals surface area contributed by atoms with Gasteiger partial charge in [-0.25, -0.2) is 0 Å². The maximum absolute atomic E-state index is 10.4. The van der Waals surface area contributed by atoms with Crippen molar-refractivity contribution in [3.63, 3.8) is 0 Å². The molecule has 0 atom stereocenters. The second-order valence-electron chi connectivity index (χ2n) is 2.82. The Bertz CT molecular complexity index is 202. The van der Waals surface area contributed by atoms with E-state index in [0.29, 0.717) is 0 Å². The second kappa shape index (κ2) is 10.2. The summed E-state index contributed by atoms with van der Waals surface area (Å²) in [7, 11) is -2.96. The highest BCUT2D eigenvalue weighted by Crippen LogP contribution is 1.94. The third-order valence-electron chi connectivity index (χ3n) is 0.787. The summed E-state index contributed by atoms with van der Waals surface area (Å²) in [6.07, 6.45) is 1.25. The Morgan fingerprint density at radius 1 is 0.812 bits per heavy atom. The minimum Gasteiger partial charge on any atom is -0.458 e. The molecule has 0 unspecified atom stereocenters. The monoisotopic (exact) mass is 250 g/mol. The maximum Gasteiger partial charge on any atom is 0.689 e. The summed E-state index contributed by atoms with van der Waals surface area (Å²) in [5, 5.41) is 0. The number of carbonyl (C=O) groups is 3. The molecule has 0 amide bonds. The Morgan fingerprint density at radius 3 is 1.12 bits per heavy atom. The molecule has 0 aliphatic heterocycles. The first-order chi connectivity index (χ1) is 7.33. The quantitative estimate of drug-likeness (QED) is 0.690. The molecule has 7 heteroatoms. The Balaban J connectivity index is 0. The molecule has 0 spiro atoms. The molecule has 6 nitrogen and oxygen atoms in total. The number of carbonyl (C=O) groups excluding carboxylic acids is 3. The van der Waals surface area contributed by atoms with Crippen LogP contribution in [0.25, 0.3) is 0 Å². The van der Waals surface area contributed by atoms with Crippen LogP contribution in [0.3, 0.4) is 0 Å². The molecule has 0 saturated heterocycles. The van der Waals surface area contributed by atoms with Crippen LogP contribution in [-0.4, -0.2) is 27.4 Å². The number of hydrogen-bond acceptors (Lipinski definition) is 6. The largest absolute Gasteiger partial charge is 0.689 e. The summed E-state index contributed by atoms with van der Waals surface area (Å²) in [4.78, 5) is 31.3. The molecule has 0 heterocycles. The van der Waals surface area contributed by atoms with Crippen LogP contribution in [0.1, 0.15) is 41.0 Å². The molecule has 0 aromatic carbocycles. The molecule has 0 fully saturated rings. The van der Waals surface area contributed by atoms with E-state index in [1.54, 1.807) is 0 Å². The van der Waals surface area contributed by atoms with Gasteiger partial charge in [0.25, 0.3) is 17.9 Å². The predicted molar refractivity (Wildman–Crippen MR) is 58.4 cm³/mol. The highest BCUT2D eigenvalue weighted by Gasteiger charge is 2.25. The summed E-state index contributed by atoms with van der Waals surface area (Å²) in [6, 6.07) is 0. The van der Waals surface area contributed by atoms with Gasteiger partial charge in [0.1, 0.15) is 0 Å². The van der Waals surface area contributed by atoms with E-state index in [0.717, 1.165) is 20.8 Å².